The molecule has 3 heteroatoms. The predicted octanol–water partition coefficient (Wildman–Crippen LogP) is 4.88. The Bertz CT molecular complexity index is 712. The minimum absolute atomic E-state index is 0.736. The Morgan fingerprint density at radius 1 is 0.850 bits per heavy atom. The van der Waals surface area contributed by atoms with Gasteiger partial charge in [-0.05, 0) is 48.5 Å². The number of aliphatic imine (C=N–C) groups is 1. The molecule has 0 aliphatic rings. The van der Waals surface area contributed by atoms with E-state index in [0.717, 1.165) is 22.1 Å². The molecule has 0 spiro atoms. The van der Waals surface area contributed by atoms with Crippen molar-refractivity contribution in [1.29, 1.82) is 0 Å². The average Bonchev–Trinajstić information content (AvgIpc) is 2.95. The molecule has 0 radical (unpaired) electrons. The molecule has 0 aliphatic carbocycles. The van der Waals surface area contributed by atoms with Gasteiger partial charge < -0.3 is 4.57 Å². The second-order valence-corrected chi connectivity index (χ2v) is 4.81. The molecule has 0 saturated heterocycles. The van der Waals surface area contributed by atoms with Crippen molar-refractivity contribution in [3.05, 3.63) is 83.6 Å². The van der Waals surface area contributed by atoms with Gasteiger partial charge in [-0.1, -0.05) is 29.8 Å². The Labute approximate surface area is 123 Å². The lowest BCUT2D eigenvalue weighted by Crippen LogP contribution is -1.97. The third-order valence-electron chi connectivity index (χ3n) is 2.99. The highest BCUT2D eigenvalue weighted by Crippen LogP contribution is 2.16. The average molecular weight is 281 g/mol. The van der Waals surface area contributed by atoms with Crippen LogP contribution >= 0.6 is 11.6 Å². The third kappa shape index (κ3) is 2.81. The van der Waals surface area contributed by atoms with Crippen LogP contribution in [0.4, 0.5) is 5.69 Å². The fourth-order valence-corrected chi connectivity index (χ4v) is 2.12. The van der Waals surface area contributed by atoms with E-state index in [1.54, 1.807) is 0 Å². The first-order valence-electron chi connectivity index (χ1n) is 6.35. The van der Waals surface area contributed by atoms with Crippen molar-refractivity contribution in [2.24, 2.45) is 4.99 Å². The molecular weight excluding hydrogens is 268 g/mol. The lowest BCUT2D eigenvalue weighted by atomic mass is 10.3. The van der Waals surface area contributed by atoms with Gasteiger partial charge in [0.25, 0.3) is 0 Å². The molecule has 0 fully saturated rings. The van der Waals surface area contributed by atoms with Gasteiger partial charge in [-0.15, -0.1) is 0 Å². The van der Waals surface area contributed by atoms with Crippen LogP contribution in [0.5, 0.6) is 0 Å². The highest BCUT2D eigenvalue weighted by molar-refractivity contribution is 6.30. The number of aromatic nitrogens is 1. The Kier molecular flexibility index (Phi) is 3.66. The van der Waals surface area contributed by atoms with Gasteiger partial charge in [0.05, 0.1) is 17.6 Å². The van der Waals surface area contributed by atoms with Crippen molar-refractivity contribution in [1.82, 2.24) is 4.57 Å². The van der Waals surface area contributed by atoms with Crippen LogP contribution < -0.4 is 0 Å². The summed E-state index contributed by atoms with van der Waals surface area (Å²) in [5, 5.41) is 0.736. The molecule has 1 aromatic heterocycles. The molecule has 20 heavy (non-hydrogen) atoms. The van der Waals surface area contributed by atoms with Crippen LogP contribution in [-0.2, 0) is 0 Å². The van der Waals surface area contributed by atoms with Crippen LogP contribution in [0.1, 0.15) is 5.69 Å². The highest BCUT2D eigenvalue weighted by Gasteiger charge is 2.00. The minimum Gasteiger partial charge on any atom is -0.316 e. The summed E-state index contributed by atoms with van der Waals surface area (Å²) in [6, 6.07) is 21.7. The maximum absolute atomic E-state index is 5.92. The molecule has 0 atom stereocenters. The summed E-state index contributed by atoms with van der Waals surface area (Å²) < 4.78 is 2.07. The van der Waals surface area contributed by atoms with Gasteiger partial charge >= 0.3 is 0 Å². The van der Waals surface area contributed by atoms with E-state index in [1.807, 2.05) is 79.1 Å². The molecule has 0 bridgehead atoms. The SMILES string of the molecule is Clc1ccc(-n2cccc2C=Nc2ccccc2)cc1. The number of hydrogen-bond acceptors (Lipinski definition) is 1. The van der Waals surface area contributed by atoms with Crippen LogP contribution in [0.25, 0.3) is 5.69 Å². The number of halogens is 1. The van der Waals surface area contributed by atoms with Gasteiger partial charge in [0.1, 0.15) is 0 Å². The predicted molar refractivity (Wildman–Crippen MR) is 84.5 cm³/mol. The van der Waals surface area contributed by atoms with Gasteiger partial charge in [-0.25, -0.2) is 0 Å². The van der Waals surface area contributed by atoms with E-state index >= 15 is 0 Å². The van der Waals surface area contributed by atoms with Crippen molar-refractivity contribution >= 4 is 23.5 Å². The number of benzene rings is 2. The summed E-state index contributed by atoms with van der Waals surface area (Å²) >= 11 is 5.92. The molecule has 0 saturated carbocycles. The summed E-state index contributed by atoms with van der Waals surface area (Å²) in [5.41, 5.74) is 3.03. The van der Waals surface area contributed by atoms with Crippen molar-refractivity contribution in [3.63, 3.8) is 0 Å². The largest absolute Gasteiger partial charge is 0.316 e. The molecular formula is C17H13ClN2. The molecule has 0 amide bonds. The zero-order valence-corrected chi connectivity index (χ0v) is 11.5. The van der Waals surface area contributed by atoms with Crippen LogP contribution in [0.15, 0.2) is 77.9 Å². The van der Waals surface area contributed by atoms with Gasteiger partial charge in [0, 0.05) is 16.9 Å². The van der Waals surface area contributed by atoms with Crippen LogP contribution in [0, 0.1) is 0 Å². The number of nitrogens with zero attached hydrogens (tertiary/aromatic N) is 2. The second-order valence-electron chi connectivity index (χ2n) is 4.37. The maximum atomic E-state index is 5.92. The number of para-hydroxylation sites is 1. The molecule has 2 nitrogen and oxygen atoms in total. The normalized spacial score (nSPS) is 11.1. The molecule has 3 aromatic rings. The van der Waals surface area contributed by atoms with Crippen molar-refractivity contribution in [2.45, 2.75) is 0 Å². The van der Waals surface area contributed by atoms with Crippen molar-refractivity contribution in [3.8, 4) is 5.69 Å². The van der Waals surface area contributed by atoms with Crippen molar-refractivity contribution in [2.75, 3.05) is 0 Å². The molecule has 3 rings (SSSR count). The molecule has 1 heterocycles. The fourth-order valence-electron chi connectivity index (χ4n) is 1.99. The van der Waals surface area contributed by atoms with Crippen LogP contribution in [0.2, 0.25) is 5.02 Å². The van der Waals surface area contributed by atoms with Crippen LogP contribution in [-0.4, -0.2) is 10.8 Å². The molecule has 0 N–H and O–H groups in total. The molecule has 2 aromatic carbocycles. The maximum Gasteiger partial charge on any atom is 0.0639 e. The van der Waals surface area contributed by atoms with E-state index in [1.165, 1.54) is 0 Å². The first-order valence-corrected chi connectivity index (χ1v) is 6.73. The smallest absolute Gasteiger partial charge is 0.0639 e. The van der Waals surface area contributed by atoms with E-state index in [0.29, 0.717) is 0 Å². The Morgan fingerprint density at radius 2 is 1.60 bits per heavy atom. The molecule has 0 unspecified atom stereocenters. The summed E-state index contributed by atoms with van der Waals surface area (Å²) in [6.45, 7) is 0. The van der Waals surface area contributed by atoms with Gasteiger partial charge in [0.2, 0.25) is 0 Å². The highest BCUT2D eigenvalue weighted by atomic mass is 35.5. The summed E-state index contributed by atoms with van der Waals surface area (Å²) in [6.07, 6.45) is 3.87. The zero-order valence-electron chi connectivity index (χ0n) is 10.8. The van der Waals surface area contributed by atoms with E-state index < -0.39 is 0 Å². The van der Waals surface area contributed by atoms with Gasteiger partial charge in [0.15, 0.2) is 0 Å². The van der Waals surface area contributed by atoms with E-state index in [2.05, 4.69) is 9.56 Å². The summed E-state index contributed by atoms with van der Waals surface area (Å²) in [5.74, 6) is 0. The minimum atomic E-state index is 0.736. The topological polar surface area (TPSA) is 17.3 Å². The Hall–Kier alpha value is -2.32. The standard InChI is InChI=1S/C17H13ClN2/c18-14-8-10-16(11-9-14)20-12-4-7-17(20)13-19-15-5-2-1-3-6-15/h1-13H. The fraction of sp³-hybridized carbons (Fsp3) is 0. The second kappa shape index (κ2) is 5.76. The number of rotatable bonds is 3. The van der Waals surface area contributed by atoms with E-state index in [9.17, 15) is 0 Å². The van der Waals surface area contributed by atoms with Crippen LogP contribution in [0.3, 0.4) is 0 Å². The molecule has 0 aliphatic heterocycles. The molecule has 98 valence electrons. The van der Waals surface area contributed by atoms with E-state index in [-0.39, 0.29) is 0 Å². The van der Waals surface area contributed by atoms with Gasteiger partial charge in [-0.3, -0.25) is 4.99 Å². The van der Waals surface area contributed by atoms with Gasteiger partial charge in [-0.2, -0.15) is 0 Å². The first kappa shape index (κ1) is 12.7. The van der Waals surface area contributed by atoms with Crippen molar-refractivity contribution < 1.29 is 0 Å². The summed E-state index contributed by atoms with van der Waals surface area (Å²) in [7, 11) is 0. The monoisotopic (exact) mass is 280 g/mol. The first-order chi connectivity index (χ1) is 9.83. The lowest BCUT2D eigenvalue weighted by molar-refractivity contribution is 1.07. The lowest BCUT2D eigenvalue weighted by Gasteiger charge is -2.06. The zero-order chi connectivity index (χ0) is 13.8. The Morgan fingerprint density at radius 3 is 2.35 bits per heavy atom. The third-order valence-corrected chi connectivity index (χ3v) is 3.24. The quantitative estimate of drug-likeness (QED) is 0.608. The van der Waals surface area contributed by atoms with E-state index in [4.69, 9.17) is 11.6 Å². The Balaban J connectivity index is 1.91. The summed E-state index contributed by atoms with van der Waals surface area (Å²) in [4.78, 5) is 4.48. The number of hydrogen-bond donors (Lipinski definition) is 0.